The van der Waals surface area contributed by atoms with Gasteiger partial charge >= 0.3 is 5.97 Å². The van der Waals surface area contributed by atoms with Crippen molar-refractivity contribution in [3.05, 3.63) is 77.0 Å². The molecule has 2 aromatic heterocycles. The summed E-state index contributed by atoms with van der Waals surface area (Å²) in [6, 6.07) is 7.11. The molecule has 2 saturated carbocycles. The summed E-state index contributed by atoms with van der Waals surface area (Å²) in [4.78, 5) is 39.0. The zero-order valence-corrected chi connectivity index (χ0v) is 25.9. The van der Waals surface area contributed by atoms with Gasteiger partial charge in [0.15, 0.2) is 0 Å². The summed E-state index contributed by atoms with van der Waals surface area (Å²) in [5.74, 6) is -0.839. The van der Waals surface area contributed by atoms with Crippen molar-refractivity contribution in [1.82, 2.24) is 19.5 Å². The number of nitrogens with zero attached hydrogens (tertiary/aromatic N) is 3. The highest BCUT2D eigenvalue weighted by molar-refractivity contribution is 6.06. The van der Waals surface area contributed by atoms with Crippen molar-refractivity contribution in [2.75, 3.05) is 11.9 Å². The maximum atomic E-state index is 13.9. The number of ether oxygens (including phenoxy) is 1. The van der Waals surface area contributed by atoms with Crippen LogP contribution in [-0.2, 0) is 21.4 Å². The van der Waals surface area contributed by atoms with Gasteiger partial charge in [-0.1, -0.05) is 37.5 Å². The van der Waals surface area contributed by atoms with E-state index in [4.69, 9.17) is 9.84 Å². The lowest BCUT2D eigenvalue weighted by Crippen LogP contribution is -2.61. The number of aromatic nitrogens is 3. The standard InChI is InChI=1S/C35H40FN5O4/c1-3-45-29(42)19-12-23-10-17-27(18-11-23)38-34(44)35(20-7-21-35)39-32(43)28-22-37-41-31(24-8-5-4-6-9-24)30(40(2)33(28)41)25-13-15-26(36)16-14-25/h10-13,15,17-19,22,24H,3-9,14,16,20-21H2,1-2H3,(H,38,44)(H,39,43). The molecule has 3 aromatic rings. The average Bonchev–Trinajstić information content (AvgIpc) is 3.58. The molecule has 1 aromatic carbocycles. The summed E-state index contributed by atoms with van der Waals surface area (Å²) in [6.07, 6.45) is 16.5. The third kappa shape index (κ3) is 6.10. The number of amides is 2. The Morgan fingerprint density at radius 2 is 1.82 bits per heavy atom. The van der Waals surface area contributed by atoms with Crippen LogP contribution in [-0.4, -0.2) is 44.1 Å². The second kappa shape index (κ2) is 12.9. The SMILES string of the molecule is CCOC(=O)C=Cc1ccc(NC(=O)C2(NC(=O)c3cnn4c(C5CCCCC5)c(C5=CC=C(F)CC5)n(C)c34)CCC2)cc1. The summed E-state index contributed by atoms with van der Waals surface area (Å²) < 4.78 is 22.8. The molecule has 0 unspecified atom stereocenters. The van der Waals surface area contributed by atoms with Crippen LogP contribution in [0.3, 0.4) is 0 Å². The van der Waals surface area contributed by atoms with E-state index in [1.165, 1.54) is 12.5 Å². The number of benzene rings is 1. The number of allylic oxidation sites excluding steroid dienone is 4. The Hall–Kier alpha value is -4.47. The molecule has 2 heterocycles. The molecular weight excluding hydrogens is 573 g/mol. The second-order valence-electron chi connectivity index (χ2n) is 12.3. The molecule has 0 radical (unpaired) electrons. The van der Waals surface area contributed by atoms with E-state index in [-0.39, 0.29) is 17.6 Å². The van der Waals surface area contributed by atoms with E-state index in [0.29, 0.717) is 55.1 Å². The highest BCUT2D eigenvalue weighted by Gasteiger charge is 2.46. The predicted octanol–water partition coefficient (Wildman–Crippen LogP) is 6.62. The summed E-state index contributed by atoms with van der Waals surface area (Å²) >= 11 is 0. The predicted molar refractivity (Wildman–Crippen MR) is 171 cm³/mol. The molecule has 0 bridgehead atoms. The van der Waals surface area contributed by atoms with Gasteiger partial charge in [-0.05, 0) is 80.9 Å². The maximum absolute atomic E-state index is 13.9. The minimum Gasteiger partial charge on any atom is -0.463 e. The molecule has 0 atom stereocenters. The Kier molecular flexibility index (Phi) is 8.74. The van der Waals surface area contributed by atoms with Crippen molar-refractivity contribution in [2.45, 2.75) is 82.6 Å². The molecule has 3 aliphatic carbocycles. The van der Waals surface area contributed by atoms with E-state index >= 15 is 0 Å². The van der Waals surface area contributed by atoms with Crippen molar-refractivity contribution in [1.29, 1.82) is 0 Å². The maximum Gasteiger partial charge on any atom is 0.330 e. The van der Waals surface area contributed by atoms with Gasteiger partial charge in [-0.25, -0.2) is 13.7 Å². The van der Waals surface area contributed by atoms with Gasteiger partial charge in [0.1, 0.15) is 22.6 Å². The molecule has 236 valence electrons. The van der Waals surface area contributed by atoms with Gasteiger partial charge in [-0.3, -0.25) is 9.59 Å². The summed E-state index contributed by atoms with van der Waals surface area (Å²) in [5.41, 5.74) is 4.60. The number of fused-ring (bicyclic) bond motifs is 1. The molecule has 0 aliphatic heterocycles. The monoisotopic (exact) mass is 613 g/mol. The van der Waals surface area contributed by atoms with Gasteiger partial charge in [0.25, 0.3) is 5.91 Å². The van der Waals surface area contributed by atoms with Crippen LogP contribution in [0.25, 0.3) is 17.3 Å². The first kappa shape index (κ1) is 30.6. The van der Waals surface area contributed by atoms with Gasteiger partial charge in [0, 0.05) is 31.1 Å². The zero-order chi connectivity index (χ0) is 31.6. The van der Waals surface area contributed by atoms with Crippen molar-refractivity contribution in [2.24, 2.45) is 7.05 Å². The van der Waals surface area contributed by atoms with Crippen LogP contribution < -0.4 is 10.6 Å². The van der Waals surface area contributed by atoms with Crippen LogP contribution in [0.5, 0.6) is 0 Å². The molecule has 2 fully saturated rings. The number of anilines is 1. The molecule has 0 spiro atoms. The lowest BCUT2D eigenvalue weighted by Gasteiger charge is -2.40. The van der Waals surface area contributed by atoms with Crippen molar-refractivity contribution >= 4 is 40.8 Å². The summed E-state index contributed by atoms with van der Waals surface area (Å²) in [6.45, 7) is 2.06. The van der Waals surface area contributed by atoms with Gasteiger partial charge in [0.2, 0.25) is 5.91 Å². The Morgan fingerprint density at radius 3 is 2.47 bits per heavy atom. The number of hydrogen-bond acceptors (Lipinski definition) is 5. The number of hydrogen-bond donors (Lipinski definition) is 2. The minimum absolute atomic E-state index is 0.122. The van der Waals surface area contributed by atoms with Crippen LogP contribution in [0.1, 0.15) is 104 Å². The Labute approximate surface area is 262 Å². The van der Waals surface area contributed by atoms with Gasteiger partial charge in [-0.15, -0.1) is 0 Å². The largest absolute Gasteiger partial charge is 0.463 e. The Balaban J connectivity index is 1.24. The van der Waals surface area contributed by atoms with Crippen LogP contribution in [0.15, 0.2) is 54.5 Å². The van der Waals surface area contributed by atoms with E-state index in [1.54, 1.807) is 49.5 Å². The Bertz CT molecular complexity index is 1700. The number of rotatable bonds is 9. The van der Waals surface area contributed by atoms with E-state index < -0.39 is 11.5 Å². The van der Waals surface area contributed by atoms with Crippen molar-refractivity contribution in [3.8, 4) is 0 Å². The number of carbonyl (C=O) groups excluding carboxylic acids is 3. The first-order valence-electron chi connectivity index (χ1n) is 16.0. The number of halogens is 1. The molecular formula is C35H40FN5O4. The topological polar surface area (TPSA) is 107 Å². The molecule has 6 rings (SSSR count). The first-order valence-corrected chi connectivity index (χ1v) is 16.0. The molecule has 10 heteroatoms. The average molecular weight is 614 g/mol. The number of imidazole rings is 1. The van der Waals surface area contributed by atoms with Crippen LogP contribution >= 0.6 is 0 Å². The molecule has 3 aliphatic rings. The first-order chi connectivity index (χ1) is 21.8. The number of esters is 1. The fourth-order valence-corrected chi connectivity index (χ4v) is 6.82. The van der Waals surface area contributed by atoms with Crippen LogP contribution in [0.2, 0.25) is 0 Å². The normalized spacial score (nSPS) is 18.3. The zero-order valence-electron chi connectivity index (χ0n) is 25.9. The lowest BCUT2D eigenvalue weighted by atomic mass is 9.75. The van der Waals surface area contributed by atoms with Crippen LogP contribution in [0, 0.1) is 0 Å². The Morgan fingerprint density at radius 1 is 1.07 bits per heavy atom. The smallest absolute Gasteiger partial charge is 0.330 e. The highest BCUT2D eigenvalue weighted by atomic mass is 19.1. The summed E-state index contributed by atoms with van der Waals surface area (Å²) in [5, 5.41) is 10.7. The van der Waals surface area contributed by atoms with E-state index in [0.717, 1.165) is 54.6 Å². The quantitative estimate of drug-likeness (QED) is 0.208. The molecule has 45 heavy (non-hydrogen) atoms. The van der Waals surface area contributed by atoms with Gasteiger partial charge in [-0.2, -0.15) is 5.10 Å². The van der Waals surface area contributed by atoms with Crippen LogP contribution in [0.4, 0.5) is 10.1 Å². The molecule has 2 amide bonds. The minimum atomic E-state index is -1.03. The third-order valence-electron chi connectivity index (χ3n) is 9.37. The number of nitrogens with one attached hydrogen (secondary N) is 2. The van der Waals surface area contributed by atoms with Crippen molar-refractivity contribution < 1.29 is 23.5 Å². The molecule has 2 N–H and O–H groups in total. The van der Waals surface area contributed by atoms with E-state index in [2.05, 4.69) is 10.6 Å². The lowest BCUT2D eigenvalue weighted by molar-refractivity contribution is -0.137. The van der Waals surface area contributed by atoms with Crippen molar-refractivity contribution in [3.63, 3.8) is 0 Å². The second-order valence-corrected chi connectivity index (χ2v) is 12.3. The molecule has 9 nitrogen and oxygen atoms in total. The van der Waals surface area contributed by atoms with E-state index in [9.17, 15) is 18.8 Å². The number of carbonyl (C=O) groups is 3. The fraction of sp³-hybridized carbons (Fsp3) is 0.429. The van der Waals surface area contributed by atoms with Gasteiger partial charge in [0.05, 0.1) is 24.2 Å². The number of aryl methyl sites for hydroxylation is 1. The summed E-state index contributed by atoms with van der Waals surface area (Å²) in [7, 11) is 1.95. The van der Waals surface area contributed by atoms with Gasteiger partial charge < -0.3 is 19.9 Å². The molecule has 0 saturated heterocycles. The van der Waals surface area contributed by atoms with E-state index in [1.807, 2.05) is 22.2 Å². The third-order valence-corrected chi connectivity index (χ3v) is 9.37. The fourth-order valence-electron chi connectivity index (χ4n) is 6.82. The highest BCUT2D eigenvalue weighted by Crippen LogP contribution is 2.41.